The molecule has 1 fully saturated rings. The highest BCUT2D eigenvalue weighted by atomic mass is 35.5. The summed E-state index contributed by atoms with van der Waals surface area (Å²) in [5.74, 6) is 2.46. The maximum atomic E-state index is 14.6. The highest BCUT2D eigenvalue weighted by Crippen LogP contribution is 2.35. The third-order valence-corrected chi connectivity index (χ3v) is 6.81. The maximum absolute atomic E-state index is 14.6. The molecular formula is C26H32ClFN4O3. The quantitative estimate of drug-likeness (QED) is 0.500. The third-order valence-electron chi connectivity index (χ3n) is 6.81. The lowest BCUT2D eigenvalue weighted by molar-refractivity contribution is 0.170. The van der Waals surface area contributed by atoms with Crippen molar-refractivity contribution in [3.63, 3.8) is 0 Å². The smallest absolute Gasteiger partial charge is 0.213 e. The van der Waals surface area contributed by atoms with Gasteiger partial charge in [-0.15, -0.1) is 12.4 Å². The van der Waals surface area contributed by atoms with E-state index in [0.717, 1.165) is 56.2 Å². The summed E-state index contributed by atoms with van der Waals surface area (Å²) in [7, 11) is 1.56. The molecule has 5 rings (SSSR count). The molecule has 1 N–H and O–H groups in total. The first-order valence-electron chi connectivity index (χ1n) is 11.9. The van der Waals surface area contributed by atoms with Crippen molar-refractivity contribution in [2.45, 2.75) is 26.3 Å². The summed E-state index contributed by atoms with van der Waals surface area (Å²) in [6.45, 7) is 7.89. The van der Waals surface area contributed by atoms with E-state index in [0.29, 0.717) is 48.0 Å². The van der Waals surface area contributed by atoms with E-state index < -0.39 is 0 Å². The molecule has 1 atom stereocenters. The number of nitrogens with one attached hydrogen (secondary N) is 1. The zero-order chi connectivity index (χ0) is 23.5. The largest absolute Gasteiger partial charge is 0.486 e. The Morgan fingerprint density at radius 2 is 2.06 bits per heavy atom. The molecule has 9 heteroatoms. The molecule has 0 amide bonds. The molecule has 0 spiro atoms. The lowest BCUT2D eigenvalue weighted by atomic mass is 10.1. The normalized spacial score (nSPS) is 17.4. The van der Waals surface area contributed by atoms with Crippen molar-refractivity contribution in [2.75, 3.05) is 46.5 Å². The van der Waals surface area contributed by atoms with Crippen molar-refractivity contribution in [3.05, 3.63) is 53.0 Å². The number of pyridine rings is 2. The molecule has 0 bridgehead atoms. The Morgan fingerprint density at radius 3 is 2.91 bits per heavy atom. The number of halogens is 2. The summed E-state index contributed by atoms with van der Waals surface area (Å²) in [5.41, 5.74) is 4.28. The third kappa shape index (κ3) is 5.60. The van der Waals surface area contributed by atoms with Crippen molar-refractivity contribution in [3.8, 4) is 17.4 Å². The number of hydrogen-bond donors (Lipinski definition) is 1. The van der Waals surface area contributed by atoms with E-state index in [1.807, 2.05) is 12.1 Å². The Kier molecular flexibility index (Phi) is 8.26. The second-order valence-corrected chi connectivity index (χ2v) is 9.02. The second-order valence-electron chi connectivity index (χ2n) is 9.02. The fourth-order valence-corrected chi connectivity index (χ4v) is 4.88. The minimum atomic E-state index is -0.305. The summed E-state index contributed by atoms with van der Waals surface area (Å²) in [6.07, 6.45) is 3.03. The van der Waals surface area contributed by atoms with Crippen LogP contribution in [0.25, 0.3) is 11.0 Å². The maximum Gasteiger partial charge on any atom is 0.213 e. The van der Waals surface area contributed by atoms with Crippen LogP contribution in [0.1, 0.15) is 23.1 Å². The van der Waals surface area contributed by atoms with E-state index in [1.165, 1.54) is 11.8 Å². The molecule has 0 unspecified atom stereocenters. The van der Waals surface area contributed by atoms with Gasteiger partial charge < -0.3 is 24.4 Å². The highest BCUT2D eigenvalue weighted by Gasteiger charge is 2.23. The monoisotopic (exact) mass is 502 g/mol. The molecular weight excluding hydrogens is 471 g/mol. The molecule has 1 saturated heterocycles. The first-order valence-corrected chi connectivity index (χ1v) is 11.9. The lowest BCUT2D eigenvalue weighted by Gasteiger charge is -2.22. The Hall–Kier alpha value is -2.68. The zero-order valence-corrected chi connectivity index (χ0v) is 21.0. The molecule has 0 radical (unpaired) electrons. The Bertz CT molecular complexity index is 1180. The van der Waals surface area contributed by atoms with Crippen LogP contribution in [0.5, 0.6) is 17.4 Å². The van der Waals surface area contributed by atoms with Gasteiger partial charge in [0.15, 0.2) is 11.5 Å². The predicted molar refractivity (Wildman–Crippen MR) is 135 cm³/mol. The standard InChI is InChI=1S/C26H31FN4O3.ClH/c1-17-19(3-5-23-26(17)34-12-11-33-23)14-28-13-18-7-9-31(16-18)10-8-20-21(27)15-29-22-4-6-24(32-2)30-25(20)22;/h3-6,15,18,28H,7-14,16H2,1-2H3;1H/t18-;/m0./s1. The highest BCUT2D eigenvalue weighted by molar-refractivity contribution is 5.85. The number of methoxy groups -OCH3 is 1. The molecule has 4 heterocycles. The zero-order valence-electron chi connectivity index (χ0n) is 20.2. The van der Waals surface area contributed by atoms with Crippen LogP contribution < -0.4 is 19.5 Å². The van der Waals surface area contributed by atoms with Crippen LogP contribution in [0.3, 0.4) is 0 Å². The van der Waals surface area contributed by atoms with Crippen LogP contribution in [-0.2, 0) is 13.0 Å². The van der Waals surface area contributed by atoms with Crippen LogP contribution in [0, 0.1) is 18.7 Å². The molecule has 2 aromatic heterocycles. The van der Waals surface area contributed by atoms with Gasteiger partial charge in [-0.1, -0.05) is 6.07 Å². The van der Waals surface area contributed by atoms with Gasteiger partial charge in [0.25, 0.3) is 0 Å². The molecule has 2 aliphatic heterocycles. The average molecular weight is 503 g/mol. The fourth-order valence-electron chi connectivity index (χ4n) is 4.88. The molecule has 35 heavy (non-hydrogen) atoms. The molecule has 2 aliphatic rings. The summed E-state index contributed by atoms with van der Waals surface area (Å²) < 4.78 is 31.3. The van der Waals surface area contributed by atoms with Gasteiger partial charge in [0.05, 0.1) is 24.3 Å². The van der Waals surface area contributed by atoms with Crippen LogP contribution in [0.15, 0.2) is 30.5 Å². The van der Waals surface area contributed by atoms with Crippen molar-refractivity contribution in [2.24, 2.45) is 5.92 Å². The molecule has 0 aliphatic carbocycles. The van der Waals surface area contributed by atoms with Crippen molar-refractivity contribution in [1.29, 1.82) is 0 Å². The molecule has 7 nitrogen and oxygen atoms in total. The van der Waals surface area contributed by atoms with E-state index in [4.69, 9.17) is 14.2 Å². The van der Waals surface area contributed by atoms with Crippen molar-refractivity contribution >= 4 is 23.4 Å². The predicted octanol–water partition coefficient (Wildman–Crippen LogP) is 3.93. The van der Waals surface area contributed by atoms with Crippen molar-refractivity contribution < 1.29 is 18.6 Å². The first kappa shape index (κ1) is 25.4. The fraction of sp³-hybridized carbons (Fsp3) is 0.462. The van der Waals surface area contributed by atoms with Gasteiger partial charge in [-0.25, -0.2) is 9.37 Å². The first-order chi connectivity index (χ1) is 16.6. The number of nitrogens with zero attached hydrogens (tertiary/aromatic N) is 3. The molecule has 188 valence electrons. The van der Waals surface area contributed by atoms with Crippen molar-refractivity contribution in [1.82, 2.24) is 20.2 Å². The van der Waals surface area contributed by atoms with Gasteiger partial charge in [-0.2, -0.15) is 0 Å². The summed E-state index contributed by atoms with van der Waals surface area (Å²) in [5, 5.41) is 3.62. The number of likely N-dealkylation sites (tertiary alicyclic amines) is 1. The number of benzene rings is 1. The molecule has 3 aromatic rings. The Morgan fingerprint density at radius 1 is 1.20 bits per heavy atom. The Balaban J connectivity index is 0.00000289. The summed E-state index contributed by atoms with van der Waals surface area (Å²) in [6, 6.07) is 7.70. The molecule has 1 aromatic carbocycles. The number of rotatable bonds is 8. The minimum Gasteiger partial charge on any atom is -0.486 e. The van der Waals surface area contributed by atoms with E-state index in [-0.39, 0.29) is 18.2 Å². The number of hydrogen-bond acceptors (Lipinski definition) is 7. The summed E-state index contributed by atoms with van der Waals surface area (Å²) in [4.78, 5) is 11.0. The number of fused-ring (bicyclic) bond motifs is 2. The second kappa shape index (κ2) is 11.4. The van der Waals surface area contributed by atoms with E-state index >= 15 is 0 Å². The van der Waals surface area contributed by atoms with Gasteiger partial charge >= 0.3 is 0 Å². The minimum absolute atomic E-state index is 0. The van der Waals surface area contributed by atoms with E-state index in [1.54, 1.807) is 13.2 Å². The van der Waals surface area contributed by atoms with Gasteiger partial charge in [0.2, 0.25) is 5.88 Å². The average Bonchev–Trinajstić information content (AvgIpc) is 3.32. The van der Waals surface area contributed by atoms with E-state index in [9.17, 15) is 4.39 Å². The van der Waals surface area contributed by atoms with Crippen LogP contribution in [0.2, 0.25) is 0 Å². The number of aromatic nitrogens is 2. The lowest BCUT2D eigenvalue weighted by Crippen LogP contribution is -2.28. The van der Waals surface area contributed by atoms with Gasteiger partial charge in [0.1, 0.15) is 19.0 Å². The van der Waals surface area contributed by atoms with Crippen LogP contribution in [-0.4, -0.2) is 61.4 Å². The summed E-state index contributed by atoms with van der Waals surface area (Å²) >= 11 is 0. The van der Waals surface area contributed by atoms with Gasteiger partial charge in [-0.05, 0) is 62.0 Å². The van der Waals surface area contributed by atoms with Crippen LogP contribution in [0.4, 0.5) is 4.39 Å². The Labute approximate surface area is 211 Å². The van der Waals surface area contributed by atoms with Gasteiger partial charge in [0, 0.05) is 31.3 Å². The van der Waals surface area contributed by atoms with E-state index in [2.05, 4.69) is 33.2 Å². The molecule has 0 saturated carbocycles. The number of ether oxygens (including phenoxy) is 3. The van der Waals surface area contributed by atoms with Gasteiger partial charge in [-0.3, -0.25) is 4.98 Å². The topological polar surface area (TPSA) is 68.7 Å². The van der Waals surface area contributed by atoms with Crippen LogP contribution >= 0.6 is 12.4 Å². The SMILES string of the molecule is COc1ccc2ncc(F)c(CCN3CC[C@@H](CNCc4ccc5c(c4C)OCCO5)C3)c2n1.Cl.